The second-order valence-corrected chi connectivity index (χ2v) is 3.83. The summed E-state index contributed by atoms with van der Waals surface area (Å²) in [5.41, 5.74) is 0.138. The summed E-state index contributed by atoms with van der Waals surface area (Å²) >= 11 is 0. The van der Waals surface area contributed by atoms with Crippen LogP contribution in [-0.2, 0) is 0 Å². The fraction of sp³-hybridized carbons (Fsp3) is 0.600. The Kier molecular flexibility index (Phi) is 5.85. The van der Waals surface area contributed by atoms with Crippen molar-refractivity contribution in [2.24, 2.45) is 0 Å². The second kappa shape index (κ2) is 6.40. The van der Waals surface area contributed by atoms with Gasteiger partial charge < -0.3 is 16.0 Å². The van der Waals surface area contributed by atoms with E-state index in [9.17, 15) is 0 Å². The van der Waals surface area contributed by atoms with Gasteiger partial charge in [-0.1, -0.05) is 0 Å². The van der Waals surface area contributed by atoms with Crippen molar-refractivity contribution in [3.63, 3.8) is 0 Å². The summed E-state index contributed by atoms with van der Waals surface area (Å²) in [5, 5.41) is 9.28. The molecule has 3 N–H and O–H groups in total. The largest absolute Gasteiger partial charge is 0.394 e. The predicted molar refractivity (Wildman–Crippen MR) is 58.2 cm³/mol. The molecule has 76 valence electrons. The van der Waals surface area contributed by atoms with Crippen molar-refractivity contribution in [2.75, 3.05) is 13.6 Å². The van der Waals surface area contributed by atoms with Crippen molar-refractivity contribution < 1.29 is 0 Å². The van der Waals surface area contributed by atoms with Crippen LogP contribution < -0.4 is 16.0 Å². The van der Waals surface area contributed by atoms with E-state index in [0.717, 1.165) is 6.54 Å². The van der Waals surface area contributed by atoms with Crippen molar-refractivity contribution >= 4 is 0 Å². The first-order chi connectivity index (χ1) is 6.06. The molecule has 0 heterocycles. The zero-order valence-electron chi connectivity index (χ0n) is 9.02. The molecule has 0 aliphatic carbocycles. The molecule has 0 saturated heterocycles. The van der Waals surface area contributed by atoms with Crippen LogP contribution in [0.5, 0.6) is 0 Å². The van der Waals surface area contributed by atoms with Gasteiger partial charge in [0.1, 0.15) is 0 Å². The van der Waals surface area contributed by atoms with Gasteiger partial charge in [0.05, 0.1) is 0 Å². The minimum absolute atomic E-state index is 0.138. The van der Waals surface area contributed by atoms with E-state index in [1.807, 2.05) is 31.7 Å². The van der Waals surface area contributed by atoms with Gasteiger partial charge in [0, 0.05) is 31.5 Å². The van der Waals surface area contributed by atoms with Gasteiger partial charge in [0.2, 0.25) is 0 Å². The third kappa shape index (κ3) is 10.9. The third-order valence-corrected chi connectivity index (χ3v) is 1.24. The molecule has 0 bridgehead atoms. The molecule has 13 heavy (non-hydrogen) atoms. The smallest absolute Gasteiger partial charge is 0.0342 e. The first-order valence-electron chi connectivity index (χ1n) is 4.54. The highest BCUT2D eigenvalue weighted by Crippen LogP contribution is 1.96. The van der Waals surface area contributed by atoms with Gasteiger partial charge in [0.25, 0.3) is 0 Å². The lowest BCUT2D eigenvalue weighted by molar-refractivity contribution is 0.490. The van der Waals surface area contributed by atoms with Crippen LogP contribution in [0.15, 0.2) is 24.7 Å². The van der Waals surface area contributed by atoms with E-state index in [-0.39, 0.29) is 5.54 Å². The van der Waals surface area contributed by atoms with Crippen LogP contribution in [0, 0.1) is 0 Å². The maximum atomic E-state index is 3.23. The highest BCUT2D eigenvalue weighted by molar-refractivity contribution is 4.88. The zero-order valence-corrected chi connectivity index (χ0v) is 9.02. The van der Waals surface area contributed by atoms with E-state index >= 15 is 0 Å². The van der Waals surface area contributed by atoms with Gasteiger partial charge in [-0.3, -0.25) is 0 Å². The van der Waals surface area contributed by atoms with E-state index in [4.69, 9.17) is 0 Å². The van der Waals surface area contributed by atoms with E-state index in [0.29, 0.717) is 0 Å². The Bertz CT molecular complexity index is 165. The summed E-state index contributed by atoms with van der Waals surface area (Å²) in [6, 6.07) is 0. The standard InChI is InChI=1S/C10H21N3/c1-10(2,3)13-9-8-12-7-5-6-11-4/h5-6,8-9,11-13H,7H2,1-4H3/b6-5-,9-8-. The summed E-state index contributed by atoms with van der Waals surface area (Å²) < 4.78 is 0. The normalized spacial score (nSPS) is 12.3. The van der Waals surface area contributed by atoms with E-state index < -0.39 is 0 Å². The van der Waals surface area contributed by atoms with Gasteiger partial charge >= 0.3 is 0 Å². The SMILES string of the molecule is CN/C=C\CN/C=C\NC(C)(C)C. The third-order valence-electron chi connectivity index (χ3n) is 1.24. The highest BCUT2D eigenvalue weighted by atomic mass is 14.9. The molecular formula is C10H21N3. The molecule has 0 radical (unpaired) electrons. The summed E-state index contributed by atoms with van der Waals surface area (Å²) in [6.45, 7) is 7.21. The zero-order chi connectivity index (χ0) is 10.2. The fourth-order valence-corrected chi connectivity index (χ4v) is 0.663. The molecule has 0 aliphatic heterocycles. The molecular weight excluding hydrogens is 162 g/mol. The minimum Gasteiger partial charge on any atom is -0.394 e. The summed E-state index contributed by atoms with van der Waals surface area (Å²) in [6.07, 6.45) is 7.75. The van der Waals surface area contributed by atoms with Crippen LogP contribution in [-0.4, -0.2) is 19.1 Å². The lowest BCUT2D eigenvalue weighted by atomic mass is 10.1. The number of hydrogen-bond acceptors (Lipinski definition) is 3. The van der Waals surface area contributed by atoms with Gasteiger partial charge in [-0.2, -0.15) is 0 Å². The van der Waals surface area contributed by atoms with E-state index in [2.05, 4.69) is 36.7 Å². The summed E-state index contributed by atoms with van der Waals surface area (Å²) in [5.74, 6) is 0. The molecule has 0 spiro atoms. The van der Waals surface area contributed by atoms with Crippen LogP contribution >= 0.6 is 0 Å². The first kappa shape index (κ1) is 11.9. The van der Waals surface area contributed by atoms with Gasteiger partial charge in [-0.05, 0) is 33.0 Å². The Hall–Kier alpha value is -1.12. The lowest BCUT2D eigenvalue weighted by Gasteiger charge is -2.18. The topological polar surface area (TPSA) is 36.1 Å². The molecule has 0 aliphatic rings. The van der Waals surface area contributed by atoms with Crippen LogP contribution in [0.3, 0.4) is 0 Å². The molecule has 0 saturated carbocycles. The molecule has 0 atom stereocenters. The van der Waals surface area contributed by atoms with E-state index in [1.165, 1.54) is 0 Å². The Labute approximate surface area is 81.3 Å². The lowest BCUT2D eigenvalue weighted by Crippen LogP contribution is -2.31. The van der Waals surface area contributed by atoms with Crippen LogP contribution in [0.25, 0.3) is 0 Å². The fourth-order valence-electron chi connectivity index (χ4n) is 0.663. The van der Waals surface area contributed by atoms with Gasteiger partial charge in [0.15, 0.2) is 0 Å². The highest BCUT2D eigenvalue weighted by Gasteiger charge is 2.03. The van der Waals surface area contributed by atoms with E-state index in [1.54, 1.807) is 0 Å². The minimum atomic E-state index is 0.138. The van der Waals surface area contributed by atoms with Crippen molar-refractivity contribution in [1.29, 1.82) is 0 Å². The average Bonchev–Trinajstić information content (AvgIpc) is 2.01. The van der Waals surface area contributed by atoms with Crippen molar-refractivity contribution in [1.82, 2.24) is 16.0 Å². The molecule has 3 heteroatoms. The molecule has 0 aromatic carbocycles. The number of rotatable bonds is 5. The second-order valence-electron chi connectivity index (χ2n) is 3.83. The molecule has 0 aromatic rings. The average molecular weight is 183 g/mol. The van der Waals surface area contributed by atoms with Crippen molar-refractivity contribution in [3.05, 3.63) is 24.7 Å². The summed E-state index contributed by atoms with van der Waals surface area (Å²) in [4.78, 5) is 0. The van der Waals surface area contributed by atoms with Crippen LogP contribution in [0.2, 0.25) is 0 Å². The molecule has 0 aromatic heterocycles. The molecule has 3 nitrogen and oxygen atoms in total. The molecule has 0 fully saturated rings. The Morgan fingerprint density at radius 3 is 2.31 bits per heavy atom. The van der Waals surface area contributed by atoms with Crippen LogP contribution in [0.4, 0.5) is 0 Å². The molecule has 0 unspecified atom stereocenters. The summed E-state index contributed by atoms with van der Waals surface area (Å²) in [7, 11) is 1.88. The maximum Gasteiger partial charge on any atom is 0.0342 e. The Morgan fingerprint density at radius 2 is 1.77 bits per heavy atom. The maximum absolute atomic E-state index is 3.23. The van der Waals surface area contributed by atoms with Crippen molar-refractivity contribution in [3.8, 4) is 0 Å². The van der Waals surface area contributed by atoms with Crippen molar-refractivity contribution in [2.45, 2.75) is 26.3 Å². The van der Waals surface area contributed by atoms with Gasteiger partial charge in [-0.25, -0.2) is 0 Å². The predicted octanol–water partition coefficient (Wildman–Crippen LogP) is 1.17. The molecule has 0 amide bonds. The quantitative estimate of drug-likeness (QED) is 0.560. The molecule has 0 rings (SSSR count). The Morgan fingerprint density at radius 1 is 1.08 bits per heavy atom. The van der Waals surface area contributed by atoms with Crippen LogP contribution in [0.1, 0.15) is 20.8 Å². The number of hydrogen-bond donors (Lipinski definition) is 3. The number of nitrogens with one attached hydrogen (secondary N) is 3. The van der Waals surface area contributed by atoms with Gasteiger partial charge in [-0.15, -0.1) is 0 Å². The first-order valence-corrected chi connectivity index (χ1v) is 4.54. The monoisotopic (exact) mass is 183 g/mol. The Balaban J connectivity index is 3.37.